The van der Waals surface area contributed by atoms with Crippen molar-refractivity contribution in [1.29, 1.82) is 0 Å². The van der Waals surface area contributed by atoms with Crippen molar-refractivity contribution in [1.82, 2.24) is 19.8 Å². The number of hydrogen-bond donors (Lipinski definition) is 2. The number of aryl methyl sites for hydroxylation is 1. The molecule has 1 saturated carbocycles. The van der Waals surface area contributed by atoms with Gasteiger partial charge in [-0.15, -0.1) is 0 Å². The van der Waals surface area contributed by atoms with Gasteiger partial charge in [0.15, 0.2) is 5.69 Å². The maximum absolute atomic E-state index is 13.4. The molecule has 0 bridgehead atoms. The lowest BCUT2D eigenvalue weighted by atomic mass is 9.84. The van der Waals surface area contributed by atoms with Crippen LogP contribution in [0.4, 0.5) is 22.0 Å². The number of ether oxygens (including phenoxy) is 1. The molecule has 41 heavy (non-hydrogen) atoms. The van der Waals surface area contributed by atoms with E-state index in [-0.39, 0.29) is 46.5 Å². The lowest BCUT2D eigenvalue weighted by Crippen LogP contribution is -2.37. The van der Waals surface area contributed by atoms with Crippen LogP contribution in [0.3, 0.4) is 0 Å². The van der Waals surface area contributed by atoms with E-state index in [1.165, 1.54) is 23.9 Å². The number of hydrogen-bond acceptors (Lipinski definition) is 5. The number of aromatic nitrogens is 2. The van der Waals surface area contributed by atoms with E-state index in [9.17, 15) is 35.2 Å². The minimum absolute atomic E-state index is 0.0429. The van der Waals surface area contributed by atoms with Crippen molar-refractivity contribution in [2.75, 3.05) is 13.6 Å². The maximum atomic E-state index is 13.4. The van der Waals surface area contributed by atoms with Crippen LogP contribution in [-0.4, -0.2) is 55.7 Å². The smallest absolute Gasteiger partial charge is 0.394 e. The molecule has 1 aromatic heterocycles. The number of alkyl halides is 5. The van der Waals surface area contributed by atoms with Gasteiger partial charge >= 0.3 is 12.8 Å². The van der Waals surface area contributed by atoms with E-state index in [2.05, 4.69) is 19.9 Å². The third kappa shape index (κ3) is 7.69. The van der Waals surface area contributed by atoms with Crippen molar-refractivity contribution < 1.29 is 39.9 Å². The van der Waals surface area contributed by atoms with Crippen LogP contribution < -0.4 is 14.8 Å². The van der Waals surface area contributed by atoms with Gasteiger partial charge in [-0.2, -0.15) is 27.1 Å². The Morgan fingerprint density at radius 1 is 1.20 bits per heavy atom. The summed E-state index contributed by atoms with van der Waals surface area (Å²) >= 11 is 6.55. The minimum Gasteiger partial charge on any atom is -0.434 e. The number of halogens is 6. The van der Waals surface area contributed by atoms with E-state index in [0.29, 0.717) is 25.7 Å². The second-order valence-electron chi connectivity index (χ2n) is 10.7. The second-order valence-corrected chi connectivity index (χ2v) is 13.2. The molecule has 0 unspecified atom stereocenters. The molecule has 8 nitrogen and oxygen atoms in total. The molecule has 1 heterocycles. The first-order valence-corrected chi connectivity index (χ1v) is 15.0. The highest BCUT2D eigenvalue weighted by Crippen LogP contribution is 2.43. The summed E-state index contributed by atoms with van der Waals surface area (Å²) in [5, 5.41) is 6.41. The highest BCUT2D eigenvalue weighted by molar-refractivity contribution is 7.90. The van der Waals surface area contributed by atoms with Gasteiger partial charge in [-0.25, -0.2) is 13.1 Å². The van der Waals surface area contributed by atoms with Gasteiger partial charge in [-0.3, -0.25) is 9.48 Å². The topological polar surface area (TPSA) is 102 Å². The third-order valence-electron chi connectivity index (χ3n) is 7.41. The maximum Gasteiger partial charge on any atom is 0.394 e. The standard InChI is InChI=1S/C26H34ClF5N4O4S/c1-5-36-22(18-11-8-16(12-19(18)40-24(28)29)13-25(2,3)26(30,31)32)20(27)21(35-36)23(37)34-14-15-6-9-17(10-7-15)41(38,39)33-4/h8,11-12,15,17,24,33H,5-7,9-10,13-14H2,1-4H3,(H,34,37)/t15-,17-. The lowest BCUT2D eigenvalue weighted by Gasteiger charge is -2.28. The Morgan fingerprint density at radius 3 is 2.37 bits per heavy atom. The number of nitrogens with one attached hydrogen (secondary N) is 2. The monoisotopic (exact) mass is 628 g/mol. The normalized spacial score (nSPS) is 18.5. The quantitative estimate of drug-likeness (QED) is 0.307. The van der Waals surface area contributed by atoms with Gasteiger partial charge in [0.05, 0.1) is 21.4 Å². The van der Waals surface area contributed by atoms with Crippen molar-refractivity contribution in [3.05, 3.63) is 34.5 Å². The van der Waals surface area contributed by atoms with Crippen LogP contribution in [-0.2, 0) is 23.0 Å². The van der Waals surface area contributed by atoms with Crippen molar-refractivity contribution in [2.45, 2.75) is 77.5 Å². The Hall–Kier alpha value is -2.45. The van der Waals surface area contributed by atoms with Crippen LogP contribution in [0, 0.1) is 11.3 Å². The molecule has 15 heteroatoms. The Kier molecular flexibility index (Phi) is 10.3. The minimum atomic E-state index is -4.52. The van der Waals surface area contributed by atoms with Crippen LogP contribution in [0.2, 0.25) is 5.02 Å². The lowest BCUT2D eigenvalue weighted by molar-refractivity contribution is -0.211. The fourth-order valence-corrected chi connectivity index (χ4v) is 6.43. The van der Waals surface area contributed by atoms with Gasteiger partial charge in [0.2, 0.25) is 10.0 Å². The highest BCUT2D eigenvalue weighted by Gasteiger charge is 2.47. The first kappa shape index (κ1) is 33.1. The number of carbonyl (C=O) groups excluding carboxylic acids is 1. The molecule has 0 aliphatic heterocycles. The van der Waals surface area contributed by atoms with Crippen molar-refractivity contribution in [3.8, 4) is 17.0 Å². The molecule has 0 atom stereocenters. The summed E-state index contributed by atoms with van der Waals surface area (Å²) in [5.74, 6) is -0.950. The Balaban J connectivity index is 1.84. The van der Waals surface area contributed by atoms with Crippen LogP contribution in [0.1, 0.15) is 62.5 Å². The average Bonchev–Trinajstić information content (AvgIpc) is 3.22. The molecule has 2 N–H and O–H groups in total. The number of nitrogens with zero attached hydrogens (tertiary/aromatic N) is 2. The first-order chi connectivity index (χ1) is 19.0. The summed E-state index contributed by atoms with van der Waals surface area (Å²) in [6, 6.07) is 3.81. The SMILES string of the molecule is CCn1nc(C(=O)NC[C@H]2CC[C@H](S(=O)(=O)NC)CC2)c(Cl)c1-c1ccc(CC(C)(C)C(F)(F)F)cc1OC(F)F. The third-order valence-corrected chi connectivity index (χ3v) is 9.68. The first-order valence-electron chi connectivity index (χ1n) is 13.1. The van der Waals surface area contributed by atoms with Gasteiger partial charge in [0.25, 0.3) is 5.91 Å². The summed E-state index contributed by atoms with van der Waals surface area (Å²) in [7, 11) is -1.98. The number of sulfonamides is 1. The molecule has 1 fully saturated rings. The summed E-state index contributed by atoms with van der Waals surface area (Å²) in [4.78, 5) is 13.0. The van der Waals surface area contributed by atoms with Gasteiger partial charge in [-0.05, 0) is 69.7 Å². The van der Waals surface area contributed by atoms with Crippen molar-refractivity contribution in [2.24, 2.45) is 11.3 Å². The zero-order chi connectivity index (χ0) is 30.8. The van der Waals surface area contributed by atoms with E-state index >= 15 is 0 Å². The van der Waals surface area contributed by atoms with Crippen molar-refractivity contribution >= 4 is 27.5 Å². The van der Waals surface area contributed by atoms with E-state index < -0.39 is 51.6 Å². The van der Waals surface area contributed by atoms with Gasteiger partial charge in [0.1, 0.15) is 5.75 Å². The Labute approximate surface area is 241 Å². The molecule has 0 radical (unpaired) electrons. The fourth-order valence-electron chi connectivity index (χ4n) is 4.88. The number of carbonyl (C=O) groups is 1. The molecule has 230 valence electrons. The number of benzene rings is 1. The predicted molar refractivity (Wildman–Crippen MR) is 145 cm³/mol. The van der Waals surface area contributed by atoms with Crippen LogP contribution in [0.5, 0.6) is 5.75 Å². The molecule has 1 aliphatic carbocycles. The predicted octanol–water partition coefficient (Wildman–Crippen LogP) is 5.79. The summed E-state index contributed by atoms with van der Waals surface area (Å²) in [6.45, 7) is 0.914. The van der Waals surface area contributed by atoms with Crippen molar-refractivity contribution in [3.63, 3.8) is 0 Å². The van der Waals surface area contributed by atoms with Crippen LogP contribution >= 0.6 is 11.6 Å². The van der Waals surface area contributed by atoms with E-state index in [4.69, 9.17) is 11.6 Å². The molecular weight excluding hydrogens is 595 g/mol. The van der Waals surface area contributed by atoms with Gasteiger partial charge < -0.3 is 10.1 Å². The molecule has 3 rings (SSSR count). The average molecular weight is 629 g/mol. The number of rotatable bonds is 11. The van der Waals surface area contributed by atoms with E-state index in [1.54, 1.807) is 6.92 Å². The Bertz CT molecular complexity index is 1340. The molecule has 0 saturated heterocycles. The van der Waals surface area contributed by atoms with Crippen LogP contribution in [0.15, 0.2) is 18.2 Å². The van der Waals surface area contributed by atoms with E-state index in [0.717, 1.165) is 19.9 Å². The molecule has 1 aromatic carbocycles. The molecule has 2 aromatic rings. The largest absolute Gasteiger partial charge is 0.434 e. The molecule has 1 aliphatic rings. The summed E-state index contributed by atoms with van der Waals surface area (Å²) in [6.07, 6.45) is -2.89. The summed E-state index contributed by atoms with van der Waals surface area (Å²) in [5.41, 5.74) is -2.00. The fraction of sp³-hybridized carbons (Fsp3) is 0.615. The molecule has 0 spiro atoms. The van der Waals surface area contributed by atoms with E-state index in [1.807, 2.05) is 0 Å². The number of amides is 1. The zero-order valence-corrected chi connectivity index (χ0v) is 24.7. The summed E-state index contributed by atoms with van der Waals surface area (Å²) < 4.78 is 99.3. The second kappa shape index (κ2) is 12.8. The Morgan fingerprint density at radius 2 is 1.83 bits per heavy atom. The van der Waals surface area contributed by atoms with Gasteiger partial charge in [-0.1, -0.05) is 31.5 Å². The van der Waals surface area contributed by atoms with Gasteiger partial charge in [0, 0.05) is 18.7 Å². The highest BCUT2D eigenvalue weighted by atomic mass is 35.5. The molecular formula is C26H34ClF5N4O4S. The molecule has 1 amide bonds. The zero-order valence-electron chi connectivity index (χ0n) is 23.1. The van der Waals surface area contributed by atoms with Crippen LogP contribution in [0.25, 0.3) is 11.3 Å².